The molecule has 0 unspecified atom stereocenters. The standard InChI is InChI=1S/C29H29NO8/c1-33-23-8-16(9-24(34-2)28(23)35-3)25-17-10-21-22(38-14-37-21)11-18(17)27(19-13-36-29(32)26(19)25)30-12-15-6-4-5-7-20(15)31/h4-11,19,25-27,30-31H,12-14H2,1-3H3/t19-,25+,26-,27+/m0/s1. The van der Waals surface area contributed by atoms with Gasteiger partial charge in [-0.05, 0) is 47.0 Å². The number of ether oxygens (including phenoxy) is 6. The van der Waals surface area contributed by atoms with Crippen LogP contribution >= 0.6 is 0 Å². The van der Waals surface area contributed by atoms with Crippen LogP contribution in [0.5, 0.6) is 34.5 Å². The number of hydrogen-bond acceptors (Lipinski definition) is 9. The lowest BCUT2D eigenvalue weighted by molar-refractivity contribution is -0.141. The van der Waals surface area contributed by atoms with Crippen molar-refractivity contribution in [1.82, 2.24) is 5.32 Å². The van der Waals surface area contributed by atoms with E-state index >= 15 is 0 Å². The van der Waals surface area contributed by atoms with Gasteiger partial charge in [-0.3, -0.25) is 4.79 Å². The number of methoxy groups -OCH3 is 3. The van der Waals surface area contributed by atoms with Gasteiger partial charge in [-0.25, -0.2) is 0 Å². The molecule has 6 rings (SSSR count). The molecule has 3 aromatic carbocycles. The molecule has 4 atom stereocenters. The van der Waals surface area contributed by atoms with Crippen LogP contribution in [0.2, 0.25) is 0 Å². The first-order valence-electron chi connectivity index (χ1n) is 12.4. The molecule has 198 valence electrons. The smallest absolute Gasteiger partial charge is 0.310 e. The number of benzene rings is 3. The van der Waals surface area contributed by atoms with Crippen molar-refractivity contribution in [2.75, 3.05) is 34.7 Å². The number of fused-ring (bicyclic) bond motifs is 3. The number of cyclic esters (lactones) is 1. The van der Waals surface area contributed by atoms with Gasteiger partial charge >= 0.3 is 5.97 Å². The van der Waals surface area contributed by atoms with Crippen LogP contribution in [-0.4, -0.2) is 45.8 Å². The predicted molar refractivity (Wildman–Crippen MR) is 136 cm³/mol. The van der Waals surface area contributed by atoms with E-state index in [1.807, 2.05) is 36.4 Å². The normalized spacial score (nSPS) is 22.9. The van der Waals surface area contributed by atoms with Gasteiger partial charge in [-0.2, -0.15) is 0 Å². The third kappa shape index (κ3) is 3.85. The van der Waals surface area contributed by atoms with Gasteiger partial charge in [0.2, 0.25) is 12.5 Å². The van der Waals surface area contributed by atoms with E-state index in [1.54, 1.807) is 33.5 Å². The molecule has 1 fully saturated rings. The summed E-state index contributed by atoms with van der Waals surface area (Å²) in [5.41, 5.74) is 3.53. The number of rotatable bonds is 7. The molecular formula is C29H29NO8. The largest absolute Gasteiger partial charge is 0.508 e. The lowest BCUT2D eigenvalue weighted by Crippen LogP contribution is -2.40. The van der Waals surface area contributed by atoms with Crippen molar-refractivity contribution in [1.29, 1.82) is 0 Å². The maximum atomic E-state index is 13.3. The van der Waals surface area contributed by atoms with Gasteiger partial charge in [-0.15, -0.1) is 0 Å². The molecule has 0 radical (unpaired) electrons. The van der Waals surface area contributed by atoms with Crippen molar-refractivity contribution in [3.8, 4) is 34.5 Å². The van der Waals surface area contributed by atoms with E-state index in [9.17, 15) is 9.90 Å². The van der Waals surface area contributed by atoms with Crippen LogP contribution in [0.1, 0.15) is 34.2 Å². The molecule has 0 saturated carbocycles. The summed E-state index contributed by atoms with van der Waals surface area (Å²) in [6.45, 7) is 0.826. The number of phenols is 1. The molecule has 2 aliphatic heterocycles. The maximum absolute atomic E-state index is 13.3. The van der Waals surface area contributed by atoms with Crippen LogP contribution in [0.25, 0.3) is 0 Å². The second-order valence-corrected chi connectivity index (χ2v) is 9.58. The van der Waals surface area contributed by atoms with Gasteiger partial charge in [0.25, 0.3) is 0 Å². The number of esters is 1. The fraction of sp³-hybridized carbons (Fsp3) is 0.345. The Morgan fingerprint density at radius 3 is 2.26 bits per heavy atom. The number of carbonyl (C=O) groups is 1. The Balaban J connectivity index is 1.50. The zero-order valence-corrected chi connectivity index (χ0v) is 21.4. The molecule has 0 spiro atoms. The first-order chi connectivity index (χ1) is 18.5. The van der Waals surface area contributed by atoms with Crippen molar-refractivity contribution < 1.29 is 38.3 Å². The highest BCUT2D eigenvalue weighted by Gasteiger charge is 2.52. The van der Waals surface area contributed by atoms with Gasteiger partial charge in [0, 0.05) is 30.0 Å². The van der Waals surface area contributed by atoms with Crippen LogP contribution < -0.4 is 29.0 Å². The first-order valence-corrected chi connectivity index (χ1v) is 12.4. The Morgan fingerprint density at radius 2 is 1.61 bits per heavy atom. The minimum Gasteiger partial charge on any atom is -0.508 e. The molecule has 38 heavy (non-hydrogen) atoms. The van der Waals surface area contributed by atoms with Crippen LogP contribution in [-0.2, 0) is 16.1 Å². The van der Waals surface area contributed by atoms with Gasteiger partial charge in [0.1, 0.15) is 5.75 Å². The van der Waals surface area contributed by atoms with E-state index < -0.39 is 5.92 Å². The molecule has 2 heterocycles. The molecule has 2 N–H and O–H groups in total. The Hall–Kier alpha value is -4.11. The average molecular weight is 520 g/mol. The highest BCUT2D eigenvalue weighted by molar-refractivity contribution is 5.79. The molecule has 0 bridgehead atoms. The number of nitrogens with one attached hydrogen (secondary N) is 1. The summed E-state index contributed by atoms with van der Waals surface area (Å²) in [6.07, 6.45) is 0. The summed E-state index contributed by atoms with van der Waals surface area (Å²) in [6, 6.07) is 14.7. The van der Waals surface area contributed by atoms with E-state index in [0.29, 0.717) is 35.3 Å². The molecule has 3 aliphatic rings. The lowest BCUT2D eigenvalue weighted by Gasteiger charge is -2.39. The lowest BCUT2D eigenvalue weighted by atomic mass is 9.65. The minimum absolute atomic E-state index is 0.137. The Kier molecular flexibility index (Phi) is 6.15. The van der Waals surface area contributed by atoms with E-state index in [4.69, 9.17) is 28.4 Å². The fourth-order valence-electron chi connectivity index (χ4n) is 5.99. The van der Waals surface area contributed by atoms with E-state index in [1.165, 1.54) is 0 Å². The zero-order valence-electron chi connectivity index (χ0n) is 21.4. The minimum atomic E-state index is -0.465. The molecule has 0 amide bonds. The SMILES string of the molecule is COc1cc([C@@H]2c3cc4c(cc3[C@@H](NCc3ccccc3O)[C@H]3COC(=O)[C@H]23)OCO4)cc(OC)c1OC. The quantitative estimate of drug-likeness (QED) is 0.450. The van der Waals surface area contributed by atoms with Crippen molar-refractivity contribution in [3.63, 3.8) is 0 Å². The molecule has 1 aliphatic carbocycles. The van der Waals surface area contributed by atoms with Crippen molar-refractivity contribution in [3.05, 3.63) is 70.8 Å². The van der Waals surface area contributed by atoms with E-state index in [-0.39, 0.29) is 43.0 Å². The van der Waals surface area contributed by atoms with E-state index in [0.717, 1.165) is 22.3 Å². The molecular weight excluding hydrogens is 490 g/mol. The van der Waals surface area contributed by atoms with Gasteiger partial charge < -0.3 is 38.8 Å². The van der Waals surface area contributed by atoms with Crippen LogP contribution in [0, 0.1) is 11.8 Å². The van der Waals surface area contributed by atoms with Gasteiger partial charge in [0.05, 0.1) is 33.9 Å². The van der Waals surface area contributed by atoms with Gasteiger partial charge in [0.15, 0.2) is 23.0 Å². The number of phenolic OH excluding ortho intramolecular Hbond substituents is 1. The van der Waals surface area contributed by atoms with Crippen LogP contribution in [0.4, 0.5) is 0 Å². The highest BCUT2D eigenvalue weighted by atomic mass is 16.7. The van der Waals surface area contributed by atoms with Crippen LogP contribution in [0.15, 0.2) is 48.5 Å². The molecule has 9 heteroatoms. The third-order valence-corrected chi connectivity index (χ3v) is 7.74. The van der Waals surface area contributed by atoms with Crippen molar-refractivity contribution in [2.45, 2.75) is 18.5 Å². The molecule has 9 nitrogen and oxygen atoms in total. The summed E-state index contributed by atoms with van der Waals surface area (Å²) >= 11 is 0. The Bertz CT molecular complexity index is 1360. The third-order valence-electron chi connectivity index (χ3n) is 7.74. The summed E-state index contributed by atoms with van der Waals surface area (Å²) in [4.78, 5) is 13.3. The number of hydrogen-bond donors (Lipinski definition) is 2. The Morgan fingerprint density at radius 1 is 0.921 bits per heavy atom. The molecule has 0 aromatic heterocycles. The molecule has 3 aromatic rings. The number of aromatic hydroxyl groups is 1. The van der Waals surface area contributed by atoms with Crippen molar-refractivity contribution in [2.24, 2.45) is 11.8 Å². The molecule has 1 saturated heterocycles. The second kappa shape index (κ2) is 9.64. The zero-order chi connectivity index (χ0) is 26.4. The average Bonchev–Trinajstić information content (AvgIpc) is 3.56. The number of carbonyl (C=O) groups excluding carboxylic acids is 1. The monoisotopic (exact) mass is 519 g/mol. The van der Waals surface area contributed by atoms with Gasteiger partial charge in [-0.1, -0.05) is 18.2 Å². The maximum Gasteiger partial charge on any atom is 0.310 e. The highest BCUT2D eigenvalue weighted by Crippen LogP contribution is 2.55. The summed E-state index contributed by atoms with van der Waals surface area (Å²) in [5, 5.41) is 13.9. The topological polar surface area (TPSA) is 105 Å². The fourth-order valence-corrected chi connectivity index (χ4v) is 5.99. The summed E-state index contributed by atoms with van der Waals surface area (Å²) < 4.78 is 33.9. The van der Waals surface area contributed by atoms with Crippen molar-refractivity contribution >= 4 is 5.97 Å². The number of para-hydroxylation sites is 1. The second-order valence-electron chi connectivity index (χ2n) is 9.58. The summed E-state index contributed by atoms with van der Waals surface area (Å²) in [7, 11) is 4.70. The first kappa shape index (κ1) is 24.2. The summed E-state index contributed by atoms with van der Waals surface area (Å²) in [5.74, 6) is 1.76. The van der Waals surface area contributed by atoms with E-state index in [2.05, 4.69) is 5.32 Å². The predicted octanol–water partition coefficient (Wildman–Crippen LogP) is 3.91. The Labute approximate surface area is 220 Å². The van der Waals surface area contributed by atoms with Crippen LogP contribution in [0.3, 0.4) is 0 Å².